The number of aromatic nitrogens is 2. The van der Waals surface area contributed by atoms with Crippen molar-refractivity contribution in [2.45, 2.75) is 18.7 Å². The summed E-state index contributed by atoms with van der Waals surface area (Å²) in [6.07, 6.45) is 0. The fourth-order valence-corrected chi connectivity index (χ4v) is 4.04. The van der Waals surface area contributed by atoms with Gasteiger partial charge in [-0.25, -0.2) is 18.1 Å². The van der Waals surface area contributed by atoms with Crippen molar-refractivity contribution in [1.82, 2.24) is 14.7 Å². The predicted octanol–water partition coefficient (Wildman–Crippen LogP) is 2.76. The number of nitrogens with zero attached hydrogens (tertiary/aromatic N) is 2. The molecule has 3 rings (SSSR count). The Balaban J connectivity index is 1.65. The molecule has 0 fully saturated rings. The van der Waals surface area contributed by atoms with Gasteiger partial charge in [0.1, 0.15) is 5.82 Å². The SMILES string of the molecule is CCNc1nc(C)cc(NCCNS(=O)(=O)c2cccc3ccccc23)n1. The second-order valence-electron chi connectivity index (χ2n) is 6.05. The van der Waals surface area contributed by atoms with Crippen molar-refractivity contribution in [3.05, 3.63) is 54.2 Å². The molecule has 0 aliphatic heterocycles. The van der Waals surface area contributed by atoms with Crippen molar-refractivity contribution in [3.63, 3.8) is 0 Å². The monoisotopic (exact) mass is 385 g/mol. The molecular formula is C19H23N5O2S. The second kappa shape index (κ2) is 8.32. The van der Waals surface area contributed by atoms with Crippen LogP contribution in [0.15, 0.2) is 53.4 Å². The van der Waals surface area contributed by atoms with E-state index < -0.39 is 10.0 Å². The normalized spacial score (nSPS) is 11.5. The van der Waals surface area contributed by atoms with E-state index in [0.29, 0.717) is 23.7 Å². The highest BCUT2D eigenvalue weighted by atomic mass is 32.2. The molecule has 0 aliphatic carbocycles. The van der Waals surface area contributed by atoms with Gasteiger partial charge >= 0.3 is 0 Å². The molecule has 7 nitrogen and oxygen atoms in total. The highest BCUT2D eigenvalue weighted by Gasteiger charge is 2.16. The van der Waals surface area contributed by atoms with Crippen LogP contribution in [-0.4, -0.2) is 38.0 Å². The van der Waals surface area contributed by atoms with Gasteiger partial charge in [-0.05, 0) is 25.3 Å². The van der Waals surface area contributed by atoms with Crippen LogP contribution in [0.4, 0.5) is 11.8 Å². The van der Waals surface area contributed by atoms with Crippen LogP contribution < -0.4 is 15.4 Å². The fourth-order valence-electron chi connectivity index (χ4n) is 2.78. The lowest BCUT2D eigenvalue weighted by atomic mass is 10.1. The lowest BCUT2D eigenvalue weighted by Gasteiger charge is -2.11. The summed E-state index contributed by atoms with van der Waals surface area (Å²) in [7, 11) is -3.60. The van der Waals surface area contributed by atoms with E-state index >= 15 is 0 Å². The summed E-state index contributed by atoms with van der Waals surface area (Å²) in [5.41, 5.74) is 0.833. The van der Waals surface area contributed by atoms with Crippen LogP contribution in [0.5, 0.6) is 0 Å². The van der Waals surface area contributed by atoms with Crippen molar-refractivity contribution >= 4 is 32.6 Å². The number of hydrogen-bond donors (Lipinski definition) is 3. The molecular weight excluding hydrogens is 362 g/mol. The van der Waals surface area contributed by atoms with Crippen molar-refractivity contribution in [2.24, 2.45) is 0 Å². The van der Waals surface area contributed by atoms with Gasteiger partial charge in [-0.2, -0.15) is 4.98 Å². The Bertz CT molecular complexity index is 1030. The molecule has 8 heteroatoms. The molecule has 1 heterocycles. The molecule has 0 saturated carbocycles. The fraction of sp³-hybridized carbons (Fsp3) is 0.263. The van der Waals surface area contributed by atoms with Crippen LogP contribution in [-0.2, 0) is 10.0 Å². The molecule has 0 aliphatic rings. The molecule has 2 aromatic carbocycles. The molecule has 0 spiro atoms. The summed E-state index contributed by atoms with van der Waals surface area (Å²) in [6.45, 7) is 5.24. The third kappa shape index (κ3) is 4.72. The zero-order valence-electron chi connectivity index (χ0n) is 15.4. The third-order valence-electron chi connectivity index (χ3n) is 3.95. The summed E-state index contributed by atoms with van der Waals surface area (Å²) < 4.78 is 28.0. The van der Waals surface area contributed by atoms with E-state index in [-0.39, 0.29) is 11.4 Å². The highest BCUT2D eigenvalue weighted by Crippen LogP contribution is 2.22. The van der Waals surface area contributed by atoms with Gasteiger partial charge in [0.2, 0.25) is 16.0 Å². The molecule has 0 radical (unpaired) electrons. The second-order valence-corrected chi connectivity index (χ2v) is 7.79. The molecule has 0 amide bonds. The first kappa shape index (κ1) is 19.1. The minimum atomic E-state index is -3.60. The number of hydrogen-bond acceptors (Lipinski definition) is 6. The Morgan fingerprint density at radius 1 is 0.963 bits per heavy atom. The first-order valence-electron chi connectivity index (χ1n) is 8.80. The minimum absolute atomic E-state index is 0.241. The van der Waals surface area contributed by atoms with Crippen LogP contribution in [0.2, 0.25) is 0 Å². The Labute approximate surface area is 159 Å². The standard InChI is InChI=1S/C19H23N5O2S/c1-3-20-19-23-14(2)13-18(24-19)21-11-12-22-27(25,26)17-10-6-8-15-7-4-5-9-16(15)17/h4-10,13,22H,3,11-12H2,1-2H3,(H2,20,21,23,24). The maximum atomic E-state index is 12.7. The largest absolute Gasteiger partial charge is 0.369 e. The summed E-state index contributed by atoms with van der Waals surface area (Å²) in [5.74, 6) is 1.21. The summed E-state index contributed by atoms with van der Waals surface area (Å²) in [6, 6.07) is 14.5. The van der Waals surface area contributed by atoms with Crippen LogP contribution in [0.1, 0.15) is 12.6 Å². The number of anilines is 2. The van der Waals surface area contributed by atoms with E-state index in [2.05, 4.69) is 25.3 Å². The van der Waals surface area contributed by atoms with Gasteiger partial charge in [-0.1, -0.05) is 36.4 Å². The Hall–Kier alpha value is -2.71. The maximum Gasteiger partial charge on any atom is 0.241 e. The maximum absolute atomic E-state index is 12.7. The number of fused-ring (bicyclic) bond motifs is 1. The van der Waals surface area contributed by atoms with Crippen LogP contribution in [0.3, 0.4) is 0 Å². The van der Waals surface area contributed by atoms with E-state index in [0.717, 1.165) is 17.6 Å². The zero-order chi connectivity index (χ0) is 19.3. The number of aryl methyl sites for hydroxylation is 1. The Kier molecular flexibility index (Phi) is 5.88. The van der Waals surface area contributed by atoms with Gasteiger partial charge in [-0.15, -0.1) is 0 Å². The molecule has 3 aromatic rings. The molecule has 1 aromatic heterocycles. The van der Waals surface area contributed by atoms with Gasteiger partial charge in [0.15, 0.2) is 0 Å². The summed E-state index contributed by atoms with van der Waals surface area (Å²) >= 11 is 0. The van der Waals surface area contributed by atoms with Crippen LogP contribution in [0, 0.1) is 6.92 Å². The van der Waals surface area contributed by atoms with Gasteiger partial charge < -0.3 is 10.6 Å². The Morgan fingerprint density at radius 3 is 2.56 bits per heavy atom. The number of sulfonamides is 1. The summed E-state index contributed by atoms with van der Waals surface area (Å²) in [5, 5.41) is 7.80. The van der Waals surface area contributed by atoms with Gasteiger partial charge in [0.25, 0.3) is 0 Å². The summed E-state index contributed by atoms with van der Waals surface area (Å²) in [4.78, 5) is 8.92. The predicted molar refractivity (Wildman–Crippen MR) is 109 cm³/mol. The quantitative estimate of drug-likeness (QED) is 0.516. The molecule has 3 N–H and O–H groups in total. The minimum Gasteiger partial charge on any atom is -0.369 e. The zero-order valence-corrected chi connectivity index (χ0v) is 16.2. The lowest BCUT2D eigenvalue weighted by molar-refractivity contribution is 0.584. The van der Waals surface area contributed by atoms with Crippen molar-refractivity contribution < 1.29 is 8.42 Å². The molecule has 142 valence electrons. The Morgan fingerprint density at radius 2 is 1.74 bits per heavy atom. The van der Waals surface area contributed by atoms with E-state index in [1.54, 1.807) is 12.1 Å². The number of nitrogens with one attached hydrogen (secondary N) is 3. The first-order chi connectivity index (χ1) is 13.0. The average molecular weight is 385 g/mol. The van der Waals surface area contributed by atoms with Crippen LogP contribution >= 0.6 is 0 Å². The lowest BCUT2D eigenvalue weighted by Crippen LogP contribution is -2.29. The molecule has 0 saturated heterocycles. The molecule has 0 atom stereocenters. The van der Waals surface area contributed by atoms with E-state index in [4.69, 9.17) is 0 Å². The molecule has 0 bridgehead atoms. The highest BCUT2D eigenvalue weighted by molar-refractivity contribution is 7.89. The molecule has 0 unspecified atom stereocenters. The smallest absolute Gasteiger partial charge is 0.241 e. The topological polar surface area (TPSA) is 96.0 Å². The van der Waals surface area contributed by atoms with Gasteiger partial charge in [-0.3, -0.25) is 0 Å². The first-order valence-corrected chi connectivity index (χ1v) is 10.3. The molecule has 27 heavy (non-hydrogen) atoms. The average Bonchev–Trinajstić information content (AvgIpc) is 2.65. The third-order valence-corrected chi connectivity index (χ3v) is 5.47. The van der Waals surface area contributed by atoms with E-state index in [1.807, 2.05) is 50.2 Å². The number of rotatable bonds is 8. The number of benzene rings is 2. The van der Waals surface area contributed by atoms with E-state index in [1.165, 1.54) is 0 Å². The van der Waals surface area contributed by atoms with Gasteiger partial charge in [0.05, 0.1) is 4.90 Å². The van der Waals surface area contributed by atoms with Crippen molar-refractivity contribution in [1.29, 1.82) is 0 Å². The van der Waals surface area contributed by atoms with Crippen molar-refractivity contribution in [3.8, 4) is 0 Å². The van der Waals surface area contributed by atoms with E-state index in [9.17, 15) is 8.42 Å². The van der Waals surface area contributed by atoms with Gasteiger partial charge in [0, 0.05) is 36.8 Å². The van der Waals surface area contributed by atoms with Crippen LogP contribution in [0.25, 0.3) is 10.8 Å². The van der Waals surface area contributed by atoms with Crippen molar-refractivity contribution in [2.75, 3.05) is 30.3 Å².